The van der Waals surface area contributed by atoms with E-state index in [0.717, 1.165) is 0 Å². The average Bonchev–Trinajstić information content (AvgIpc) is 2.04. The summed E-state index contributed by atoms with van der Waals surface area (Å²) in [5.41, 5.74) is -0.380. The minimum absolute atomic E-state index is 0. The molecule has 0 spiro atoms. The lowest BCUT2D eigenvalue weighted by atomic mass is 10.1. The van der Waals surface area contributed by atoms with E-state index < -0.39 is 11.9 Å². The Bertz CT molecular complexity index is 310. The number of carboxylic acid groups (broad SMARTS) is 2. The number of hydrogen-bond donors (Lipinski definition) is 2. The van der Waals surface area contributed by atoms with E-state index in [1.807, 2.05) is 0 Å². The monoisotopic (exact) mass is 318 g/mol. The van der Waals surface area contributed by atoms with Gasteiger partial charge in [-0.2, -0.15) is 0 Å². The Balaban J connectivity index is -0.0000000300. The fourth-order valence-corrected chi connectivity index (χ4v) is 0.856. The van der Waals surface area contributed by atoms with Crippen molar-refractivity contribution in [2.75, 3.05) is 0 Å². The Hall–Kier alpha value is -1.35. The summed E-state index contributed by atoms with van der Waals surface area (Å²) in [6.45, 7) is 0. The molecule has 0 saturated carbocycles. The Morgan fingerprint density at radius 3 is 1.00 bits per heavy atom. The number of benzene rings is 1. The summed E-state index contributed by atoms with van der Waals surface area (Å²) in [6.07, 6.45) is 0. The Kier molecular flexibility index (Phi) is 58.4. The van der Waals surface area contributed by atoms with Crippen LogP contribution in [0.3, 0.4) is 0 Å². The van der Waals surface area contributed by atoms with Gasteiger partial charge in [0, 0.05) is 0 Å². The zero-order chi connectivity index (χ0) is 9.14. The minimum atomic E-state index is -1.23. The van der Waals surface area contributed by atoms with Crippen LogP contribution in [0, 0.1) is 0 Å². The van der Waals surface area contributed by atoms with Crippen molar-refractivity contribution in [3.05, 3.63) is 35.4 Å². The zero-order valence-corrected chi connectivity index (χ0v) is 9.52. The van der Waals surface area contributed by atoms with Crippen LogP contribution in [-0.4, -0.2) is 83.5 Å². The molecule has 1 aromatic rings. The van der Waals surface area contributed by atoms with E-state index in [1.165, 1.54) is 24.3 Å². The molecule has 0 heterocycles. The first-order valence-electron chi connectivity index (χ1n) is 3.18. The number of rotatable bonds is 2. The van der Waals surface area contributed by atoms with Gasteiger partial charge in [-0.05, 0) is 12.1 Å². The first-order chi connectivity index (χ1) is 5.63. The van der Waals surface area contributed by atoms with Gasteiger partial charge in [0.1, 0.15) is 0 Å². The lowest BCUT2D eigenvalue weighted by Gasteiger charge is -1.98. The molecule has 1 rings (SSSR count). The van der Waals surface area contributed by atoms with Gasteiger partial charge in [0.15, 0.2) is 0 Å². The molecule has 0 unspecified atom stereocenters. The number of carbonyl (C=O) groups is 2. The van der Waals surface area contributed by atoms with Crippen molar-refractivity contribution in [1.82, 2.24) is 0 Å². The standard InChI is InChI=1S/C8H6O4.Mg.7H2O.2H/c9-7(10)5-3-1-2-4-6(5)8(11)12;;;;;;;;;;/h1-4H,(H,9,10)(H,11,12);;7*1H2;;. The van der Waals surface area contributed by atoms with Crippen molar-refractivity contribution in [1.29, 1.82) is 0 Å². The summed E-state index contributed by atoms with van der Waals surface area (Å²) in [5, 5.41) is 17.1. The Labute approximate surface area is 129 Å². The van der Waals surface area contributed by atoms with Gasteiger partial charge < -0.3 is 48.5 Å². The van der Waals surface area contributed by atoms with Crippen LogP contribution in [-0.2, 0) is 0 Å². The number of carboxylic acids is 2. The average molecular weight is 319 g/mol. The lowest BCUT2D eigenvalue weighted by molar-refractivity contribution is 0.0651. The van der Waals surface area contributed by atoms with E-state index in [9.17, 15) is 9.59 Å². The van der Waals surface area contributed by atoms with Gasteiger partial charge in [-0.15, -0.1) is 0 Å². The fourth-order valence-electron chi connectivity index (χ4n) is 0.856. The third-order valence-corrected chi connectivity index (χ3v) is 1.39. The molecule has 0 bridgehead atoms. The van der Waals surface area contributed by atoms with E-state index in [4.69, 9.17) is 10.2 Å². The van der Waals surface area contributed by atoms with Crippen LogP contribution in [0.5, 0.6) is 0 Å². The summed E-state index contributed by atoms with van der Waals surface area (Å²) < 4.78 is 0. The summed E-state index contributed by atoms with van der Waals surface area (Å²) in [5.74, 6) is -2.46. The second kappa shape index (κ2) is 22.8. The van der Waals surface area contributed by atoms with Gasteiger partial charge >= 0.3 is 35.0 Å². The number of hydrogen-bond acceptors (Lipinski definition) is 2. The van der Waals surface area contributed by atoms with E-state index in [2.05, 4.69) is 0 Å². The van der Waals surface area contributed by atoms with E-state index in [1.54, 1.807) is 0 Å². The molecular formula is C8H22MgO11. The normalized spacial score (nSPS) is 5.60. The SMILES string of the molecule is O.O.O.O.O.O.O.O=C(O)c1ccccc1C(=O)O.[MgH2]. The molecule has 0 radical (unpaired) electrons. The highest BCUT2D eigenvalue weighted by Gasteiger charge is 2.13. The maximum atomic E-state index is 10.5. The quantitative estimate of drug-likeness (QED) is 0.503. The maximum absolute atomic E-state index is 10.5. The molecule has 0 amide bonds. The molecular weight excluding hydrogens is 296 g/mol. The summed E-state index contributed by atoms with van der Waals surface area (Å²) in [7, 11) is 0. The predicted octanol–water partition coefficient (Wildman–Crippen LogP) is -5.61. The molecule has 20 heavy (non-hydrogen) atoms. The molecule has 0 atom stereocenters. The van der Waals surface area contributed by atoms with E-state index >= 15 is 0 Å². The fraction of sp³-hybridized carbons (Fsp3) is 0. The highest BCUT2D eigenvalue weighted by molar-refractivity contribution is 6.01. The molecule has 0 aliphatic carbocycles. The van der Waals surface area contributed by atoms with Gasteiger partial charge in [0.2, 0.25) is 0 Å². The van der Waals surface area contributed by atoms with Crippen molar-refractivity contribution in [3.63, 3.8) is 0 Å². The van der Waals surface area contributed by atoms with Gasteiger partial charge in [-0.3, -0.25) is 0 Å². The topological polar surface area (TPSA) is 295 Å². The van der Waals surface area contributed by atoms with Gasteiger partial charge in [-0.1, -0.05) is 12.1 Å². The molecule has 1 aromatic carbocycles. The van der Waals surface area contributed by atoms with Crippen LogP contribution in [0.2, 0.25) is 0 Å². The van der Waals surface area contributed by atoms with Crippen LogP contribution in [0.25, 0.3) is 0 Å². The van der Waals surface area contributed by atoms with Gasteiger partial charge in [-0.25, -0.2) is 9.59 Å². The maximum Gasteiger partial charge on any atom is 0.336 e. The molecule has 122 valence electrons. The predicted molar refractivity (Wildman–Crippen MR) is 74.2 cm³/mol. The molecule has 0 aliphatic rings. The summed E-state index contributed by atoms with van der Waals surface area (Å²) >= 11 is 0. The van der Waals surface area contributed by atoms with Crippen molar-refractivity contribution < 1.29 is 58.1 Å². The number of aromatic carboxylic acids is 2. The Morgan fingerprint density at radius 2 is 0.850 bits per heavy atom. The van der Waals surface area contributed by atoms with Crippen molar-refractivity contribution in [3.8, 4) is 0 Å². The molecule has 0 fully saturated rings. The molecule has 0 aromatic heterocycles. The molecule has 0 aliphatic heterocycles. The van der Waals surface area contributed by atoms with Gasteiger partial charge in [0.25, 0.3) is 0 Å². The first-order valence-corrected chi connectivity index (χ1v) is 3.18. The van der Waals surface area contributed by atoms with Crippen LogP contribution >= 0.6 is 0 Å². The molecule has 0 saturated heterocycles. The Morgan fingerprint density at radius 1 is 0.650 bits per heavy atom. The third-order valence-electron chi connectivity index (χ3n) is 1.39. The third kappa shape index (κ3) is 13.1. The lowest BCUT2D eigenvalue weighted by Crippen LogP contribution is -2.06. The zero-order valence-electron chi connectivity index (χ0n) is 9.52. The van der Waals surface area contributed by atoms with E-state index in [0.29, 0.717) is 0 Å². The summed E-state index contributed by atoms with van der Waals surface area (Å²) in [4.78, 5) is 20.9. The van der Waals surface area contributed by atoms with Crippen molar-refractivity contribution in [2.45, 2.75) is 0 Å². The summed E-state index contributed by atoms with van der Waals surface area (Å²) in [6, 6.07) is 5.48. The highest BCUT2D eigenvalue weighted by Crippen LogP contribution is 2.07. The first kappa shape index (κ1) is 51.2. The van der Waals surface area contributed by atoms with Crippen LogP contribution < -0.4 is 0 Å². The molecule has 16 N–H and O–H groups in total. The van der Waals surface area contributed by atoms with Crippen molar-refractivity contribution in [2.24, 2.45) is 0 Å². The minimum Gasteiger partial charge on any atom is -0.478 e. The second-order valence-corrected chi connectivity index (χ2v) is 2.16. The van der Waals surface area contributed by atoms with Crippen LogP contribution in [0.15, 0.2) is 24.3 Å². The van der Waals surface area contributed by atoms with Crippen molar-refractivity contribution >= 4 is 35.0 Å². The largest absolute Gasteiger partial charge is 0.478 e. The molecule has 12 heteroatoms. The van der Waals surface area contributed by atoms with Crippen LogP contribution in [0.4, 0.5) is 0 Å². The molecule has 11 nitrogen and oxygen atoms in total. The highest BCUT2D eigenvalue weighted by atomic mass is 24.3. The van der Waals surface area contributed by atoms with E-state index in [-0.39, 0.29) is 72.5 Å². The van der Waals surface area contributed by atoms with Crippen LogP contribution in [0.1, 0.15) is 20.7 Å². The second-order valence-electron chi connectivity index (χ2n) is 2.16. The smallest absolute Gasteiger partial charge is 0.336 e. The van der Waals surface area contributed by atoms with Gasteiger partial charge in [0.05, 0.1) is 11.1 Å².